The lowest BCUT2D eigenvalue weighted by Gasteiger charge is -2.16. The van der Waals surface area contributed by atoms with Gasteiger partial charge in [0.05, 0.1) is 19.4 Å². The van der Waals surface area contributed by atoms with Crippen LogP contribution in [0.5, 0.6) is 11.8 Å². The van der Waals surface area contributed by atoms with Crippen molar-refractivity contribution in [3.8, 4) is 11.8 Å². The van der Waals surface area contributed by atoms with Crippen LogP contribution in [0.15, 0.2) is 60.7 Å². The molecule has 30 heavy (non-hydrogen) atoms. The Labute approximate surface area is 176 Å². The first-order chi connectivity index (χ1) is 14.6. The van der Waals surface area contributed by atoms with Gasteiger partial charge in [-0.05, 0) is 36.6 Å². The molecule has 0 fully saturated rings. The minimum Gasteiger partial charge on any atom is -0.497 e. The summed E-state index contributed by atoms with van der Waals surface area (Å²) in [6.07, 6.45) is 0.797. The van der Waals surface area contributed by atoms with Crippen molar-refractivity contribution in [1.82, 2.24) is 9.97 Å². The maximum absolute atomic E-state index is 12.2. The molecule has 1 amide bonds. The highest BCUT2D eigenvalue weighted by molar-refractivity contribution is 5.85. The Balaban J connectivity index is 1.80. The second kappa shape index (κ2) is 10.2. The number of carbonyl (C=O) groups is 1. The average Bonchev–Trinajstić information content (AvgIpc) is 2.75. The summed E-state index contributed by atoms with van der Waals surface area (Å²) in [5.41, 5.74) is 8.14. The number of rotatable bonds is 10. The number of anilines is 1. The van der Waals surface area contributed by atoms with E-state index in [9.17, 15) is 4.79 Å². The van der Waals surface area contributed by atoms with Gasteiger partial charge in [0.1, 0.15) is 17.5 Å². The molecule has 2 aromatic carbocycles. The van der Waals surface area contributed by atoms with Gasteiger partial charge < -0.3 is 20.5 Å². The molecular weight excluding hydrogens is 380 g/mol. The number of ether oxygens (including phenoxy) is 2. The van der Waals surface area contributed by atoms with Crippen molar-refractivity contribution in [3.63, 3.8) is 0 Å². The normalized spacial score (nSPS) is 11.5. The first-order valence-corrected chi connectivity index (χ1v) is 9.83. The van der Waals surface area contributed by atoms with Crippen LogP contribution in [0.2, 0.25) is 0 Å². The molecule has 7 nitrogen and oxygen atoms in total. The third-order valence-corrected chi connectivity index (χ3v) is 4.59. The fourth-order valence-electron chi connectivity index (χ4n) is 3.13. The van der Waals surface area contributed by atoms with Gasteiger partial charge in [-0.15, -0.1) is 0 Å². The van der Waals surface area contributed by atoms with Crippen molar-refractivity contribution in [2.45, 2.75) is 19.3 Å². The van der Waals surface area contributed by atoms with Crippen LogP contribution in [0.3, 0.4) is 0 Å². The van der Waals surface area contributed by atoms with Crippen LogP contribution in [-0.4, -0.2) is 36.1 Å². The summed E-state index contributed by atoms with van der Waals surface area (Å²) in [7, 11) is 1.65. The number of amides is 1. The molecule has 0 spiro atoms. The van der Waals surface area contributed by atoms with Crippen molar-refractivity contribution >= 4 is 11.7 Å². The first-order valence-electron chi connectivity index (χ1n) is 9.83. The molecule has 0 radical (unpaired) electrons. The summed E-state index contributed by atoms with van der Waals surface area (Å²) in [4.78, 5) is 21.0. The highest BCUT2D eigenvalue weighted by Crippen LogP contribution is 2.26. The number of methoxy groups -OCH3 is 1. The number of benzene rings is 2. The standard InChI is InChI=1S/C23H26N4O3/c1-3-30-23-26-19(21(22(24)28)17-7-5-4-6-8-17)15-20(27-23)25-14-13-16-9-11-18(29-2)12-10-16/h4-12,15,21H,3,13-14H2,1-2H3,(H2,24,28)(H,25,26,27). The maximum Gasteiger partial charge on any atom is 0.318 e. The summed E-state index contributed by atoms with van der Waals surface area (Å²) in [5, 5.41) is 3.29. The Bertz CT molecular complexity index is 962. The number of aromatic nitrogens is 2. The van der Waals surface area contributed by atoms with Crippen molar-refractivity contribution in [3.05, 3.63) is 77.5 Å². The van der Waals surface area contributed by atoms with Crippen LogP contribution >= 0.6 is 0 Å². The highest BCUT2D eigenvalue weighted by atomic mass is 16.5. The van der Waals surface area contributed by atoms with Crippen molar-refractivity contribution < 1.29 is 14.3 Å². The molecule has 1 aromatic heterocycles. The minimum absolute atomic E-state index is 0.212. The van der Waals surface area contributed by atoms with Crippen LogP contribution in [0.1, 0.15) is 29.7 Å². The molecule has 7 heteroatoms. The lowest BCUT2D eigenvalue weighted by Crippen LogP contribution is -2.24. The molecule has 1 atom stereocenters. The molecule has 156 valence electrons. The monoisotopic (exact) mass is 406 g/mol. The van der Waals surface area contributed by atoms with E-state index in [1.165, 1.54) is 5.56 Å². The molecule has 1 heterocycles. The number of nitrogens with two attached hydrogens (primary N) is 1. The van der Waals surface area contributed by atoms with Gasteiger partial charge in [0, 0.05) is 12.6 Å². The number of primary amides is 1. The molecule has 0 saturated carbocycles. The first kappa shape index (κ1) is 21.1. The van der Waals surface area contributed by atoms with Crippen molar-refractivity contribution in [2.75, 3.05) is 25.6 Å². The Morgan fingerprint density at radius 2 is 1.83 bits per heavy atom. The van der Waals surface area contributed by atoms with Crippen molar-refractivity contribution in [2.24, 2.45) is 5.73 Å². The Kier molecular flexibility index (Phi) is 7.21. The van der Waals surface area contributed by atoms with Crippen LogP contribution in [0.4, 0.5) is 5.82 Å². The topological polar surface area (TPSA) is 99.4 Å². The van der Waals surface area contributed by atoms with E-state index >= 15 is 0 Å². The van der Waals surface area contributed by atoms with Crippen LogP contribution in [0, 0.1) is 0 Å². The number of hydrogen-bond acceptors (Lipinski definition) is 6. The lowest BCUT2D eigenvalue weighted by atomic mass is 9.95. The number of hydrogen-bond donors (Lipinski definition) is 2. The summed E-state index contributed by atoms with van der Waals surface area (Å²) in [6.45, 7) is 2.93. The van der Waals surface area contributed by atoms with Gasteiger partial charge in [0.15, 0.2) is 0 Å². The zero-order valence-electron chi connectivity index (χ0n) is 17.2. The SMILES string of the molecule is CCOc1nc(NCCc2ccc(OC)cc2)cc(C(C(N)=O)c2ccccc2)n1. The van der Waals surface area contributed by atoms with E-state index < -0.39 is 11.8 Å². The van der Waals surface area contributed by atoms with E-state index in [1.54, 1.807) is 13.2 Å². The van der Waals surface area contributed by atoms with Gasteiger partial charge in [-0.25, -0.2) is 0 Å². The Morgan fingerprint density at radius 3 is 2.47 bits per heavy atom. The molecule has 0 aliphatic heterocycles. The third-order valence-electron chi connectivity index (χ3n) is 4.59. The van der Waals surface area contributed by atoms with E-state index in [0.29, 0.717) is 24.7 Å². The average molecular weight is 406 g/mol. The van der Waals surface area contributed by atoms with Gasteiger partial charge in [-0.3, -0.25) is 4.79 Å². The largest absolute Gasteiger partial charge is 0.497 e. The zero-order valence-corrected chi connectivity index (χ0v) is 17.2. The second-order valence-corrected chi connectivity index (χ2v) is 6.66. The predicted molar refractivity (Wildman–Crippen MR) is 116 cm³/mol. The summed E-state index contributed by atoms with van der Waals surface area (Å²) < 4.78 is 10.7. The predicted octanol–water partition coefficient (Wildman–Crippen LogP) is 3.16. The summed E-state index contributed by atoms with van der Waals surface area (Å²) >= 11 is 0. The third kappa shape index (κ3) is 5.47. The van der Waals surface area contributed by atoms with Crippen LogP contribution < -0.4 is 20.5 Å². The number of carbonyl (C=O) groups excluding carboxylic acids is 1. The summed E-state index contributed by atoms with van der Waals surface area (Å²) in [5.74, 6) is 0.244. The lowest BCUT2D eigenvalue weighted by molar-refractivity contribution is -0.118. The minimum atomic E-state index is -0.685. The van der Waals surface area contributed by atoms with E-state index in [0.717, 1.165) is 17.7 Å². The second-order valence-electron chi connectivity index (χ2n) is 6.66. The van der Waals surface area contributed by atoms with E-state index in [1.807, 2.05) is 61.5 Å². The van der Waals surface area contributed by atoms with Gasteiger partial charge in [0.25, 0.3) is 0 Å². The fraction of sp³-hybridized carbons (Fsp3) is 0.261. The number of nitrogens with zero attached hydrogens (tertiary/aromatic N) is 2. The quantitative estimate of drug-likeness (QED) is 0.537. The molecule has 3 N–H and O–H groups in total. The van der Waals surface area contributed by atoms with Gasteiger partial charge in [0.2, 0.25) is 5.91 Å². The number of nitrogens with one attached hydrogen (secondary N) is 1. The summed E-state index contributed by atoms with van der Waals surface area (Å²) in [6, 6.07) is 19.2. The van der Waals surface area contributed by atoms with Crippen LogP contribution in [0.25, 0.3) is 0 Å². The van der Waals surface area contributed by atoms with E-state index in [2.05, 4.69) is 15.3 Å². The van der Waals surface area contributed by atoms with Gasteiger partial charge in [-0.1, -0.05) is 42.5 Å². The van der Waals surface area contributed by atoms with Gasteiger partial charge >= 0.3 is 6.01 Å². The van der Waals surface area contributed by atoms with Crippen LogP contribution in [-0.2, 0) is 11.2 Å². The molecule has 3 rings (SSSR count). The highest BCUT2D eigenvalue weighted by Gasteiger charge is 2.23. The van der Waals surface area contributed by atoms with Gasteiger partial charge in [-0.2, -0.15) is 9.97 Å². The molecule has 3 aromatic rings. The zero-order chi connectivity index (χ0) is 21.3. The fourth-order valence-corrected chi connectivity index (χ4v) is 3.13. The molecular formula is C23H26N4O3. The van der Waals surface area contributed by atoms with E-state index in [-0.39, 0.29) is 6.01 Å². The molecule has 1 unspecified atom stereocenters. The molecule has 0 saturated heterocycles. The molecule has 0 aliphatic carbocycles. The maximum atomic E-state index is 12.2. The molecule has 0 bridgehead atoms. The smallest absolute Gasteiger partial charge is 0.318 e. The van der Waals surface area contributed by atoms with Crippen molar-refractivity contribution in [1.29, 1.82) is 0 Å². The van der Waals surface area contributed by atoms with E-state index in [4.69, 9.17) is 15.2 Å². The Morgan fingerprint density at radius 1 is 1.10 bits per heavy atom. The Hall–Kier alpha value is -3.61. The molecule has 0 aliphatic rings.